The van der Waals surface area contributed by atoms with Crippen LogP contribution in [0.5, 0.6) is 5.75 Å². The Morgan fingerprint density at radius 3 is 2.48 bits per heavy atom. The highest BCUT2D eigenvalue weighted by atomic mass is 19.1. The minimum Gasteiger partial charge on any atom is -0.494 e. The van der Waals surface area contributed by atoms with Gasteiger partial charge < -0.3 is 15.4 Å². The van der Waals surface area contributed by atoms with Crippen LogP contribution in [0.4, 0.5) is 4.39 Å². The molecule has 3 rings (SSSR count). The quantitative estimate of drug-likeness (QED) is 0.828. The van der Waals surface area contributed by atoms with Gasteiger partial charge in [0.15, 0.2) is 11.6 Å². The van der Waals surface area contributed by atoms with Crippen molar-refractivity contribution in [3.63, 3.8) is 0 Å². The van der Waals surface area contributed by atoms with Crippen LogP contribution < -0.4 is 10.5 Å². The van der Waals surface area contributed by atoms with Gasteiger partial charge in [-0.15, -0.1) is 0 Å². The zero-order valence-electron chi connectivity index (χ0n) is 16.4. The lowest BCUT2D eigenvalue weighted by atomic mass is 9.71. The first-order valence-electron chi connectivity index (χ1n) is 10.1. The van der Waals surface area contributed by atoms with Gasteiger partial charge in [-0.05, 0) is 42.5 Å². The van der Waals surface area contributed by atoms with Gasteiger partial charge in [0.25, 0.3) is 0 Å². The molecule has 1 aliphatic carbocycles. The summed E-state index contributed by atoms with van der Waals surface area (Å²) < 4.78 is 18.8. The Morgan fingerprint density at radius 2 is 1.89 bits per heavy atom. The van der Waals surface area contributed by atoms with Gasteiger partial charge in [0.2, 0.25) is 5.91 Å². The average molecular weight is 378 g/mol. The Kier molecular flexibility index (Phi) is 6.71. The van der Waals surface area contributed by atoms with Crippen LogP contribution >= 0.6 is 0 Å². The van der Waals surface area contributed by atoms with Crippen molar-refractivity contribution in [1.82, 2.24) is 9.80 Å². The largest absolute Gasteiger partial charge is 0.494 e. The topological polar surface area (TPSA) is 58.8 Å². The van der Waals surface area contributed by atoms with Gasteiger partial charge >= 0.3 is 0 Å². The summed E-state index contributed by atoms with van der Waals surface area (Å²) in [5.41, 5.74) is 6.99. The Labute approximate surface area is 161 Å². The number of ether oxygens (including phenoxy) is 1. The summed E-state index contributed by atoms with van der Waals surface area (Å²) in [4.78, 5) is 17.1. The molecule has 0 unspecified atom stereocenters. The SMILES string of the molecule is COc1ccc(CN2CCN(C(=O)CC3(CN)CCCCC3)CC2)cc1F. The summed E-state index contributed by atoms with van der Waals surface area (Å²) in [7, 11) is 1.47. The van der Waals surface area contributed by atoms with E-state index in [2.05, 4.69) is 4.90 Å². The molecule has 1 amide bonds. The normalized spacial score (nSPS) is 20.5. The number of nitrogens with two attached hydrogens (primary N) is 1. The Hall–Kier alpha value is -1.66. The fourth-order valence-corrected chi connectivity index (χ4v) is 4.41. The number of hydrogen-bond acceptors (Lipinski definition) is 4. The molecule has 1 aromatic carbocycles. The summed E-state index contributed by atoms with van der Waals surface area (Å²) >= 11 is 0. The Morgan fingerprint density at radius 1 is 1.19 bits per heavy atom. The van der Waals surface area contributed by atoms with Gasteiger partial charge in [0.05, 0.1) is 7.11 Å². The number of amides is 1. The summed E-state index contributed by atoms with van der Waals surface area (Å²) in [6.45, 7) is 4.40. The van der Waals surface area contributed by atoms with Gasteiger partial charge in [0, 0.05) is 39.1 Å². The first kappa shape index (κ1) is 20.1. The van der Waals surface area contributed by atoms with Gasteiger partial charge in [-0.25, -0.2) is 4.39 Å². The second-order valence-electron chi connectivity index (χ2n) is 8.07. The molecular weight excluding hydrogens is 345 g/mol. The molecule has 1 aliphatic heterocycles. The Balaban J connectivity index is 1.49. The molecule has 2 fully saturated rings. The highest BCUT2D eigenvalue weighted by Gasteiger charge is 2.35. The van der Waals surface area contributed by atoms with Crippen LogP contribution in [0.2, 0.25) is 0 Å². The summed E-state index contributed by atoms with van der Waals surface area (Å²) in [6, 6.07) is 5.10. The third-order valence-electron chi connectivity index (χ3n) is 6.22. The standard InChI is InChI=1S/C21H32FN3O2/c1-27-19-6-5-17(13-18(19)22)15-24-9-11-25(12-10-24)20(26)14-21(16-23)7-3-2-4-8-21/h5-6,13H,2-4,7-12,14-16,23H2,1H3. The number of benzene rings is 1. The molecule has 0 spiro atoms. The van der Waals surface area contributed by atoms with Crippen molar-refractivity contribution in [2.24, 2.45) is 11.1 Å². The van der Waals surface area contributed by atoms with Crippen molar-refractivity contribution in [2.45, 2.75) is 45.1 Å². The van der Waals surface area contributed by atoms with Crippen LogP contribution in [0.15, 0.2) is 18.2 Å². The third-order valence-corrected chi connectivity index (χ3v) is 6.22. The maximum atomic E-state index is 13.9. The van der Waals surface area contributed by atoms with Gasteiger partial charge in [-0.3, -0.25) is 9.69 Å². The first-order chi connectivity index (χ1) is 13.0. The number of rotatable bonds is 6. The number of carbonyl (C=O) groups is 1. The zero-order chi connectivity index (χ0) is 19.3. The van der Waals surface area contributed by atoms with E-state index in [0.29, 0.717) is 19.5 Å². The molecule has 1 heterocycles. The Bertz CT molecular complexity index is 638. The molecule has 0 aromatic heterocycles. The molecule has 1 saturated carbocycles. The molecule has 2 N–H and O–H groups in total. The number of hydrogen-bond donors (Lipinski definition) is 1. The molecule has 150 valence electrons. The van der Waals surface area contributed by atoms with E-state index in [0.717, 1.165) is 44.6 Å². The highest BCUT2D eigenvalue weighted by Crippen LogP contribution is 2.38. The minimum absolute atomic E-state index is 0.0209. The molecule has 0 radical (unpaired) electrons. The van der Waals surface area contributed by atoms with Crippen molar-refractivity contribution in [2.75, 3.05) is 39.8 Å². The van der Waals surface area contributed by atoms with E-state index >= 15 is 0 Å². The molecule has 27 heavy (non-hydrogen) atoms. The van der Waals surface area contributed by atoms with Gasteiger partial charge in [0.1, 0.15) is 0 Å². The number of methoxy groups -OCH3 is 1. The van der Waals surface area contributed by atoms with Crippen LogP contribution in [0.1, 0.15) is 44.1 Å². The zero-order valence-corrected chi connectivity index (χ0v) is 16.4. The lowest BCUT2D eigenvalue weighted by molar-refractivity contribution is -0.136. The molecule has 0 atom stereocenters. The first-order valence-corrected chi connectivity index (χ1v) is 10.1. The molecule has 6 heteroatoms. The molecule has 2 aliphatic rings. The number of piperazine rings is 1. The fourth-order valence-electron chi connectivity index (χ4n) is 4.41. The third kappa shape index (κ3) is 4.99. The lowest BCUT2D eigenvalue weighted by Gasteiger charge is -2.39. The van der Waals surface area contributed by atoms with E-state index in [-0.39, 0.29) is 22.9 Å². The minimum atomic E-state index is -0.330. The monoisotopic (exact) mass is 377 g/mol. The van der Waals surface area contributed by atoms with Crippen molar-refractivity contribution >= 4 is 5.91 Å². The van der Waals surface area contributed by atoms with Crippen molar-refractivity contribution in [1.29, 1.82) is 0 Å². The van der Waals surface area contributed by atoms with Crippen molar-refractivity contribution in [3.05, 3.63) is 29.6 Å². The predicted octanol–water partition coefficient (Wildman–Crippen LogP) is 2.78. The maximum absolute atomic E-state index is 13.9. The van der Waals surface area contributed by atoms with E-state index in [1.165, 1.54) is 32.4 Å². The second-order valence-corrected chi connectivity index (χ2v) is 8.07. The average Bonchev–Trinajstić information content (AvgIpc) is 2.69. The summed E-state index contributed by atoms with van der Waals surface area (Å²) in [5.74, 6) is 0.187. The number of nitrogens with zero attached hydrogens (tertiary/aromatic N) is 2. The second kappa shape index (κ2) is 9.02. The molecule has 1 saturated heterocycles. The van der Waals surface area contributed by atoms with E-state index in [4.69, 9.17) is 10.5 Å². The van der Waals surface area contributed by atoms with Crippen LogP contribution in [-0.4, -0.2) is 55.5 Å². The van der Waals surface area contributed by atoms with Gasteiger partial charge in [-0.1, -0.05) is 25.3 Å². The molecule has 5 nitrogen and oxygen atoms in total. The van der Waals surface area contributed by atoms with Crippen LogP contribution in [0.3, 0.4) is 0 Å². The summed E-state index contributed by atoms with van der Waals surface area (Å²) in [6.07, 6.45) is 6.40. The lowest BCUT2D eigenvalue weighted by Crippen LogP contribution is -2.50. The highest BCUT2D eigenvalue weighted by molar-refractivity contribution is 5.77. The molecular formula is C21H32FN3O2. The van der Waals surface area contributed by atoms with Crippen LogP contribution in [0.25, 0.3) is 0 Å². The fraction of sp³-hybridized carbons (Fsp3) is 0.667. The molecule has 0 bridgehead atoms. The van der Waals surface area contributed by atoms with E-state index in [9.17, 15) is 9.18 Å². The van der Waals surface area contributed by atoms with E-state index in [1.807, 2.05) is 11.0 Å². The van der Waals surface area contributed by atoms with Crippen molar-refractivity contribution in [3.8, 4) is 5.75 Å². The van der Waals surface area contributed by atoms with E-state index in [1.54, 1.807) is 6.07 Å². The molecule has 1 aromatic rings. The van der Waals surface area contributed by atoms with Crippen LogP contribution in [0, 0.1) is 11.2 Å². The number of carbonyl (C=O) groups excluding carboxylic acids is 1. The van der Waals surface area contributed by atoms with Crippen molar-refractivity contribution < 1.29 is 13.9 Å². The van der Waals surface area contributed by atoms with E-state index < -0.39 is 0 Å². The van der Waals surface area contributed by atoms with Crippen LogP contribution in [-0.2, 0) is 11.3 Å². The predicted molar refractivity (Wildman–Crippen MR) is 104 cm³/mol. The van der Waals surface area contributed by atoms with Gasteiger partial charge in [-0.2, -0.15) is 0 Å². The maximum Gasteiger partial charge on any atom is 0.223 e. The smallest absolute Gasteiger partial charge is 0.223 e. The summed E-state index contributed by atoms with van der Waals surface area (Å²) in [5, 5.41) is 0. The number of halogens is 1.